The number of Topliss-reactive ketones (excluding diaryl/α,β-unsaturated/α-hetero) is 1. The van der Waals surface area contributed by atoms with Gasteiger partial charge in [0.1, 0.15) is 23.9 Å². The normalized spacial score (nSPS) is 17.4. The number of hydrogen-bond donors (Lipinski definition) is 6. The Morgan fingerprint density at radius 2 is 1.54 bits per heavy atom. The maximum absolute atomic E-state index is 14.3. The molecule has 1 unspecified atom stereocenters. The Kier molecular flexibility index (Phi) is 19.4. The predicted molar refractivity (Wildman–Crippen MR) is 235 cm³/mol. The maximum Gasteiger partial charge on any atom is 0.326 e. The lowest BCUT2D eigenvalue weighted by Crippen LogP contribution is -2.61. The minimum Gasteiger partial charge on any atom is -0.480 e. The molecule has 5 amide bonds. The number of hydrogen-bond acceptors (Lipinski definition) is 11. The number of nitrogens with one attached hydrogen (secondary N) is 3. The van der Waals surface area contributed by atoms with Crippen LogP contribution in [0.1, 0.15) is 104 Å². The molecule has 16 nitrogen and oxygen atoms in total. The van der Waals surface area contributed by atoms with Gasteiger partial charge < -0.3 is 36.8 Å². The number of nitrogens with two attached hydrogens (primary N) is 1. The van der Waals surface area contributed by atoms with E-state index in [-0.39, 0.29) is 73.5 Å². The lowest BCUT2D eigenvalue weighted by molar-refractivity contribution is -0.142. The van der Waals surface area contributed by atoms with Crippen LogP contribution in [0.5, 0.6) is 0 Å². The number of thioether (sulfide) groups is 1. The van der Waals surface area contributed by atoms with E-state index in [2.05, 4.69) is 34.1 Å². The molecule has 0 radical (unpaired) electrons. The molecule has 17 heteroatoms. The van der Waals surface area contributed by atoms with Crippen LogP contribution in [0.2, 0.25) is 0 Å². The number of rotatable bonds is 23. The molecule has 7 N–H and O–H groups in total. The van der Waals surface area contributed by atoms with Crippen molar-refractivity contribution >= 4 is 59.0 Å². The summed E-state index contributed by atoms with van der Waals surface area (Å²) in [6.07, 6.45) is 1.22. The standard InChI is InChI=1S/C44H68N6O10S/c1-24(2)32(49(12)40(56)36(43(6,7)8)48-38(54)35(46-11)44(9,10)28-19-25(3)18-26(4)20-28)21-27(5)37(53)47-31(42(59)60)16-15-29(51)14-13-17-50-34(52)22-33(39(50)55)61-23-30(45)41(57)58/h18-21,24,30-33,35-36,46H,13-17,22-23,45H2,1-12H3,(H,47,53)(H,48,54)(H,57,58)(H,59,60)/b27-21+/t30-,31+,32+,33?,35+,36+/m0/s1. The van der Waals surface area contributed by atoms with Crippen molar-refractivity contribution in [2.24, 2.45) is 17.1 Å². The van der Waals surface area contributed by atoms with Crippen LogP contribution >= 0.6 is 11.8 Å². The molecule has 0 spiro atoms. The molecule has 0 aliphatic carbocycles. The van der Waals surface area contributed by atoms with Crippen LogP contribution in [0.15, 0.2) is 29.8 Å². The van der Waals surface area contributed by atoms with E-state index in [0.29, 0.717) is 0 Å². The lowest BCUT2D eigenvalue weighted by atomic mass is 9.76. The Bertz CT molecular complexity index is 1820. The predicted octanol–water partition coefficient (Wildman–Crippen LogP) is 3.10. The van der Waals surface area contributed by atoms with Gasteiger partial charge in [-0.3, -0.25) is 38.5 Å². The molecule has 1 aromatic rings. The number of likely N-dealkylation sites (tertiary alicyclic amines) is 1. The minimum absolute atomic E-state index is 0.0201. The highest BCUT2D eigenvalue weighted by Crippen LogP contribution is 2.31. The smallest absolute Gasteiger partial charge is 0.326 e. The number of imide groups is 1. The van der Waals surface area contributed by atoms with E-state index in [1.165, 1.54) is 11.8 Å². The van der Waals surface area contributed by atoms with Gasteiger partial charge in [-0.15, -0.1) is 11.8 Å². The van der Waals surface area contributed by atoms with Crippen molar-refractivity contribution in [1.29, 1.82) is 0 Å². The second-order valence-corrected chi connectivity index (χ2v) is 19.3. The van der Waals surface area contributed by atoms with Crippen molar-refractivity contribution in [2.45, 2.75) is 142 Å². The number of nitrogens with zero attached hydrogens (tertiary/aromatic N) is 2. The first-order valence-corrected chi connectivity index (χ1v) is 21.7. The summed E-state index contributed by atoms with van der Waals surface area (Å²) in [4.78, 5) is 105. The summed E-state index contributed by atoms with van der Waals surface area (Å²) in [7, 11) is 3.31. The van der Waals surface area contributed by atoms with Crippen molar-refractivity contribution in [3.8, 4) is 0 Å². The monoisotopic (exact) mass is 872 g/mol. The van der Waals surface area contributed by atoms with Gasteiger partial charge >= 0.3 is 11.9 Å². The van der Waals surface area contributed by atoms with Crippen molar-refractivity contribution < 1.29 is 48.6 Å². The van der Waals surface area contributed by atoms with E-state index in [9.17, 15) is 43.5 Å². The van der Waals surface area contributed by atoms with Gasteiger partial charge in [-0.1, -0.05) is 83.9 Å². The Labute approximate surface area is 364 Å². The van der Waals surface area contributed by atoms with Gasteiger partial charge in [0.2, 0.25) is 29.5 Å². The first-order valence-electron chi connectivity index (χ1n) is 20.6. The molecule has 1 saturated heterocycles. The molecule has 0 aromatic heterocycles. The number of likely N-dealkylation sites (N-methyl/N-ethyl adjacent to an activating group) is 2. The van der Waals surface area contributed by atoms with Gasteiger partial charge in [-0.05, 0) is 57.6 Å². The summed E-state index contributed by atoms with van der Waals surface area (Å²) in [6.45, 7) is 18.8. The number of ketones is 1. The Morgan fingerprint density at radius 3 is 2.05 bits per heavy atom. The fraction of sp³-hybridized carbons (Fsp3) is 0.636. The van der Waals surface area contributed by atoms with Gasteiger partial charge in [-0.2, -0.15) is 0 Å². The second-order valence-electron chi connectivity index (χ2n) is 18.1. The number of carboxylic acids is 2. The first-order chi connectivity index (χ1) is 28.1. The Morgan fingerprint density at radius 1 is 0.951 bits per heavy atom. The third-order valence-corrected chi connectivity index (χ3v) is 12.4. The summed E-state index contributed by atoms with van der Waals surface area (Å²) in [5.41, 5.74) is 7.42. The maximum atomic E-state index is 14.3. The molecule has 6 atom stereocenters. The van der Waals surface area contributed by atoms with E-state index < -0.39 is 75.9 Å². The molecule has 1 aliphatic heterocycles. The van der Waals surface area contributed by atoms with Crippen molar-refractivity contribution in [2.75, 3.05) is 26.4 Å². The highest BCUT2D eigenvalue weighted by Gasteiger charge is 2.42. The van der Waals surface area contributed by atoms with Gasteiger partial charge in [0.05, 0.1) is 17.3 Å². The highest BCUT2D eigenvalue weighted by molar-refractivity contribution is 8.00. The molecular weight excluding hydrogens is 805 g/mol. The summed E-state index contributed by atoms with van der Waals surface area (Å²) < 4.78 is 0. The van der Waals surface area contributed by atoms with Crippen LogP contribution in [0.25, 0.3) is 0 Å². The number of carboxylic acid groups (broad SMARTS) is 2. The first kappa shape index (κ1) is 52.5. The zero-order valence-electron chi connectivity index (χ0n) is 37.8. The SMILES string of the molecule is CN[C@H](C(=O)N[C@H](C(=O)N(C)[C@H](/C=C(\C)C(=O)N[C@H](CCC(=O)CCCN1C(=O)CC(SC[C@H](N)C(=O)O)C1=O)C(=O)O)C(C)C)C(C)(C)C)C(C)(C)c1cc(C)cc(C)c1. The van der Waals surface area contributed by atoms with Crippen molar-refractivity contribution in [1.82, 2.24) is 25.8 Å². The third-order valence-electron chi connectivity index (χ3n) is 11.0. The van der Waals surface area contributed by atoms with E-state index in [1.54, 1.807) is 20.2 Å². The van der Waals surface area contributed by atoms with Crippen LogP contribution < -0.4 is 21.7 Å². The molecule has 1 heterocycles. The molecule has 1 fully saturated rings. The Balaban J connectivity index is 2.10. The summed E-state index contributed by atoms with van der Waals surface area (Å²) in [5, 5.41) is 26.8. The van der Waals surface area contributed by atoms with Crippen LogP contribution in [0, 0.1) is 25.2 Å². The zero-order chi connectivity index (χ0) is 46.7. The average molecular weight is 873 g/mol. The lowest BCUT2D eigenvalue weighted by Gasteiger charge is -2.40. The van der Waals surface area contributed by atoms with E-state index in [4.69, 9.17) is 10.8 Å². The topological polar surface area (TPSA) is 246 Å². The van der Waals surface area contributed by atoms with Gasteiger partial charge in [0.25, 0.3) is 0 Å². The van der Waals surface area contributed by atoms with E-state index in [1.807, 2.05) is 62.3 Å². The summed E-state index contributed by atoms with van der Waals surface area (Å²) in [6, 6.07) is 1.34. The van der Waals surface area contributed by atoms with Gasteiger partial charge in [-0.25, -0.2) is 4.79 Å². The van der Waals surface area contributed by atoms with Crippen molar-refractivity contribution in [3.05, 3.63) is 46.5 Å². The molecule has 1 aromatic carbocycles. The molecule has 340 valence electrons. The van der Waals surface area contributed by atoms with Crippen LogP contribution in [0.4, 0.5) is 0 Å². The van der Waals surface area contributed by atoms with E-state index >= 15 is 0 Å². The quantitative estimate of drug-likeness (QED) is 0.0685. The van der Waals surface area contributed by atoms with Crippen molar-refractivity contribution in [3.63, 3.8) is 0 Å². The van der Waals surface area contributed by atoms with Crippen LogP contribution in [-0.2, 0) is 43.8 Å². The molecule has 61 heavy (non-hydrogen) atoms. The second kappa shape index (κ2) is 22.5. The number of carbonyl (C=O) groups is 8. The Hall–Kier alpha value is -4.61. The fourth-order valence-corrected chi connectivity index (χ4v) is 8.46. The number of amides is 5. The molecule has 0 bridgehead atoms. The highest BCUT2D eigenvalue weighted by atomic mass is 32.2. The number of carbonyl (C=O) groups excluding carboxylic acids is 6. The molecular formula is C44H68N6O10S. The molecule has 1 aliphatic rings. The molecule has 2 rings (SSSR count). The van der Waals surface area contributed by atoms with E-state index in [0.717, 1.165) is 33.4 Å². The third kappa shape index (κ3) is 14.8. The minimum atomic E-state index is -1.40. The molecule has 0 saturated carbocycles. The van der Waals surface area contributed by atoms with Crippen LogP contribution in [-0.4, -0.2) is 129 Å². The van der Waals surface area contributed by atoms with Crippen LogP contribution in [0.3, 0.4) is 0 Å². The number of aryl methyl sites for hydroxylation is 2. The summed E-state index contributed by atoms with van der Waals surface area (Å²) >= 11 is 0.997. The largest absolute Gasteiger partial charge is 0.480 e. The van der Waals surface area contributed by atoms with Gasteiger partial charge in [0.15, 0.2) is 0 Å². The fourth-order valence-electron chi connectivity index (χ4n) is 7.34. The summed E-state index contributed by atoms with van der Waals surface area (Å²) in [5.74, 6) is -5.43. The van der Waals surface area contributed by atoms with Gasteiger partial charge in [0, 0.05) is 49.6 Å². The average Bonchev–Trinajstić information content (AvgIpc) is 3.42. The zero-order valence-corrected chi connectivity index (χ0v) is 38.7. The number of benzene rings is 1. The number of aliphatic carboxylic acids is 2.